The molecule has 4 atom stereocenters. The number of rotatable bonds is 1. The fourth-order valence-electron chi connectivity index (χ4n) is 2.56. The van der Waals surface area contributed by atoms with Crippen LogP contribution in [0.4, 0.5) is 0 Å². The Kier molecular flexibility index (Phi) is 1.77. The van der Waals surface area contributed by atoms with Gasteiger partial charge in [-0.2, -0.15) is 0 Å². The molecule has 0 aromatic carbocycles. The van der Waals surface area contributed by atoms with Crippen molar-refractivity contribution in [2.24, 2.45) is 0 Å². The van der Waals surface area contributed by atoms with E-state index in [2.05, 4.69) is 21.5 Å². The molecule has 0 unspecified atom stereocenters. The number of ether oxygens (including phenoxy) is 1. The zero-order chi connectivity index (χ0) is 13.4. The van der Waals surface area contributed by atoms with Crippen LogP contribution in [0.15, 0.2) is 29.6 Å². The number of imidazole rings is 1. The molecular formula is C11H10N4O4. The molecule has 2 aromatic rings. The molecule has 0 spiro atoms. The van der Waals surface area contributed by atoms with Crippen molar-refractivity contribution < 1.29 is 14.9 Å². The van der Waals surface area contributed by atoms with E-state index in [1.807, 2.05) is 0 Å². The van der Waals surface area contributed by atoms with Gasteiger partial charge in [0.2, 0.25) is 0 Å². The van der Waals surface area contributed by atoms with Crippen LogP contribution in [0.2, 0.25) is 0 Å². The molecule has 0 bridgehead atoms. The van der Waals surface area contributed by atoms with E-state index in [4.69, 9.17) is 4.74 Å². The Balaban J connectivity index is 1.84. The predicted octanol–water partition coefficient (Wildman–Crippen LogP) is -1.32. The third-order valence-electron chi connectivity index (χ3n) is 3.77. The van der Waals surface area contributed by atoms with Crippen LogP contribution in [0.1, 0.15) is 6.23 Å². The third kappa shape index (κ3) is 1.11. The van der Waals surface area contributed by atoms with Crippen molar-refractivity contribution in [3.63, 3.8) is 0 Å². The van der Waals surface area contributed by atoms with E-state index in [9.17, 15) is 15.0 Å². The van der Waals surface area contributed by atoms with Crippen molar-refractivity contribution in [3.8, 4) is 0 Å². The van der Waals surface area contributed by atoms with Gasteiger partial charge in [-0.1, -0.05) is 6.58 Å². The number of nitrogens with one attached hydrogen (secondary N) is 1. The number of aliphatic hydroxyl groups excluding tert-OH is 1. The summed E-state index contributed by atoms with van der Waals surface area (Å²) in [6, 6.07) is 0. The predicted molar refractivity (Wildman–Crippen MR) is 62.2 cm³/mol. The molecule has 2 fully saturated rings. The first-order chi connectivity index (χ1) is 9.05. The average Bonchev–Trinajstić information content (AvgIpc) is 2.74. The summed E-state index contributed by atoms with van der Waals surface area (Å²) < 4.78 is 7.04. The molecular weight excluding hydrogens is 252 g/mol. The van der Waals surface area contributed by atoms with Gasteiger partial charge in [-0.05, 0) is 0 Å². The largest absolute Gasteiger partial charge is 0.387 e. The first-order valence-corrected chi connectivity index (χ1v) is 5.70. The highest BCUT2D eigenvalue weighted by Gasteiger charge is 2.73. The Labute approximate surface area is 106 Å². The van der Waals surface area contributed by atoms with Crippen LogP contribution < -0.4 is 5.56 Å². The Morgan fingerprint density at radius 1 is 1.53 bits per heavy atom. The van der Waals surface area contributed by atoms with E-state index in [0.717, 1.165) is 0 Å². The SMILES string of the molecule is C=C1[C@H](n2cnc3c(=O)[nH]cnc32)O[C@@H]2[C@H](O)[C@]12O. The van der Waals surface area contributed by atoms with Gasteiger partial charge < -0.3 is 19.9 Å². The first-order valence-electron chi connectivity index (χ1n) is 5.70. The van der Waals surface area contributed by atoms with Gasteiger partial charge in [-0.3, -0.25) is 9.36 Å². The molecule has 4 rings (SSSR count). The van der Waals surface area contributed by atoms with Crippen LogP contribution in [0, 0.1) is 0 Å². The molecule has 8 heteroatoms. The smallest absolute Gasteiger partial charge is 0.278 e. The first kappa shape index (κ1) is 10.9. The summed E-state index contributed by atoms with van der Waals surface area (Å²) in [6.45, 7) is 3.77. The van der Waals surface area contributed by atoms with E-state index in [-0.39, 0.29) is 11.1 Å². The van der Waals surface area contributed by atoms with Crippen molar-refractivity contribution in [1.29, 1.82) is 0 Å². The van der Waals surface area contributed by atoms with Gasteiger partial charge in [0.1, 0.15) is 17.8 Å². The zero-order valence-electron chi connectivity index (χ0n) is 9.65. The fourth-order valence-corrected chi connectivity index (χ4v) is 2.56. The minimum Gasteiger partial charge on any atom is -0.387 e. The molecule has 3 N–H and O–H groups in total. The normalized spacial score (nSPS) is 36.7. The van der Waals surface area contributed by atoms with Crippen LogP contribution in [0.3, 0.4) is 0 Å². The molecule has 19 heavy (non-hydrogen) atoms. The highest BCUT2D eigenvalue weighted by molar-refractivity contribution is 5.69. The van der Waals surface area contributed by atoms with E-state index >= 15 is 0 Å². The quantitative estimate of drug-likeness (QED) is 0.549. The standard InChI is InChI=1S/C11H10N4O4/c1-4-10(19-7-6(16)11(4,7)18)15-3-14-5-8(15)12-2-13-9(5)17/h2-3,6-7,10,16,18H,1H2,(H,12,13,17)/t6-,7+,10+,11+/m0/s1. The van der Waals surface area contributed by atoms with Gasteiger partial charge in [0.25, 0.3) is 5.56 Å². The van der Waals surface area contributed by atoms with Crippen molar-refractivity contribution in [3.05, 3.63) is 35.2 Å². The fraction of sp³-hybridized carbons (Fsp3) is 0.364. The van der Waals surface area contributed by atoms with Crippen LogP contribution in [0.5, 0.6) is 0 Å². The van der Waals surface area contributed by atoms with Crippen LogP contribution in [-0.4, -0.2) is 47.5 Å². The summed E-state index contributed by atoms with van der Waals surface area (Å²) in [4.78, 5) is 22.0. The number of hydrogen-bond donors (Lipinski definition) is 3. The number of nitrogens with zero attached hydrogens (tertiary/aromatic N) is 3. The summed E-state index contributed by atoms with van der Waals surface area (Å²) in [5, 5.41) is 19.6. The van der Waals surface area contributed by atoms with Gasteiger partial charge in [0.05, 0.1) is 12.7 Å². The lowest BCUT2D eigenvalue weighted by Gasteiger charge is -2.18. The second-order valence-corrected chi connectivity index (χ2v) is 4.76. The Hall–Kier alpha value is -2.03. The van der Waals surface area contributed by atoms with Crippen LogP contribution in [-0.2, 0) is 4.74 Å². The molecule has 2 aromatic heterocycles. The number of aliphatic hydroxyl groups is 2. The van der Waals surface area contributed by atoms with Gasteiger partial charge >= 0.3 is 0 Å². The minimum atomic E-state index is -1.40. The van der Waals surface area contributed by atoms with Crippen molar-refractivity contribution in [1.82, 2.24) is 19.5 Å². The highest BCUT2D eigenvalue weighted by atomic mass is 16.6. The topological polar surface area (TPSA) is 113 Å². The number of aromatic nitrogens is 4. The monoisotopic (exact) mass is 262 g/mol. The molecule has 8 nitrogen and oxygen atoms in total. The maximum absolute atomic E-state index is 11.6. The lowest BCUT2D eigenvalue weighted by molar-refractivity contribution is 0.0135. The van der Waals surface area contributed by atoms with E-state index < -0.39 is 24.0 Å². The van der Waals surface area contributed by atoms with E-state index in [0.29, 0.717) is 11.2 Å². The van der Waals surface area contributed by atoms with Gasteiger partial charge in [-0.15, -0.1) is 0 Å². The Morgan fingerprint density at radius 3 is 3.00 bits per heavy atom. The highest BCUT2D eigenvalue weighted by Crippen LogP contribution is 2.56. The second kappa shape index (κ2) is 3.10. The van der Waals surface area contributed by atoms with Crippen LogP contribution >= 0.6 is 0 Å². The molecule has 1 saturated carbocycles. The number of H-pyrrole nitrogens is 1. The Bertz CT molecular complexity index is 765. The van der Waals surface area contributed by atoms with Gasteiger partial charge in [0.15, 0.2) is 17.4 Å². The average molecular weight is 262 g/mol. The van der Waals surface area contributed by atoms with E-state index in [1.165, 1.54) is 17.2 Å². The maximum Gasteiger partial charge on any atom is 0.278 e. The summed E-state index contributed by atoms with van der Waals surface area (Å²) in [5.41, 5.74) is -0.883. The molecule has 2 aliphatic rings. The lowest BCUT2D eigenvalue weighted by Crippen LogP contribution is -2.22. The molecule has 1 saturated heterocycles. The molecule has 98 valence electrons. The molecule has 0 radical (unpaired) electrons. The minimum absolute atomic E-state index is 0.187. The Morgan fingerprint density at radius 2 is 2.32 bits per heavy atom. The molecule has 1 aliphatic heterocycles. The van der Waals surface area contributed by atoms with Gasteiger partial charge in [0, 0.05) is 5.57 Å². The molecule has 1 aliphatic carbocycles. The number of aromatic amines is 1. The summed E-state index contributed by atoms with van der Waals surface area (Å²) in [5.74, 6) is 0. The lowest BCUT2D eigenvalue weighted by atomic mass is 10.1. The van der Waals surface area contributed by atoms with Crippen molar-refractivity contribution in [2.45, 2.75) is 24.0 Å². The third-order valence-corrected chi connectivity index (χ3v) is 3.77. The second-order valence-electron chi connectivity index (χ2n) is 4.76. The van der Waals surface area contributed by atoms with E-state index in [1.54, 1.807) is 0 Å². The van der Waals surface area contributed by atoms with Crippen LogP contribution in [0.25, 0.3) is 11.2 Å². The number of hydrogen-bond acceptors (Lipinski definition) is 6. The summed E-state index contributed by atoms with van der Waals surface area (Å²) in [6.07, 6.45) is 0.373. The number of fused-ring (bicyclic) bond motifs is 2. The summed E-state index contributed by atoms with van der Waals surface area (Å²) in [7, 11) is 0. The summed E-state index contributed by atoms with van der Waals surface area (Å²) >= 11 is 0. The molecule has 0 amide bonds. The maximum atomic E-state index is 11.6. The molecule has 3 heterocycles. The van der Waals surface area contributed by atoms with Crippen molar-refractivity contribution >= 4 is 11.2 Å². The van der Waals surface area contributed by atoms with Crippen molar-refractivity contribution in [2.75, 3.05) is 0 Å². The zero-order valence-corrected chi connectivity index (χ0v) is 9.65. The van der Waals surface area contributed by atoms with Gasteiger partial charge in [-0.25, -0.2) is 9.97 Å².